The van der Waals surface area contributed by atoms with Crippen LogP contribution in [-0.2, 0) is 9.59 Å². The van der Waals surface area contributed by atoms with Gasteiger partial charge in [0.25, 0.3) is 0 Å². The highest BCUT2D eigenvalue weighted by molar-refractivity contribution is 5.82. The first-order valence-electron chi connectivity index (χ1n) is 4.50. The maximum atomic E-state index is 11.7. The maximum absolute atomic E-state index is 11.7. The molecule has 0 heterocycles. The van der Waals surface area contributed by atoms with Crippen LogP contribution in [0.3, 0.4) is 0 Å². The van der Waals surface area contributed by atoms with Gasteiger partial charge in [0.2, 0.25) is 5.91 Å². The van der Waals surface area contributed by atoms with Gasteiger partial charge in [-0.3, -0.25) is 4.79 Å². The van der Waals surface area contributed by atoms with Crippen molar-refractivity contribution in [3.8, 4) is 0 Å². The van der Waals surface area contributed by atoms with Crippen LogP contribution in [0.1, 0.15) is 13.3 Å². The third-order valence-corrected chi connectivity index (χ3v) is 1.61. The smallest absolute Gasteiger partial charge is 0.390 e. The molecular weight excluding hydrogens is 229 g/mol. The second-order valence-corrected chi connectivity index (χ2v) is 3.16. The van der Waals surface area contributed by atoms with Gasteiger partial charge in [-0.15, -0.1) is 0 Å². The monoisotopic (exact) mass is 242 g/mol. The number of halogens is 3. The number of hydrogen-bond donors (Lipinski definition) is 3. The van der Waals surface area contributed by atoms with E-state index in [9.17, 15) is 22.8 Å². The summed E-state index contributed by atoms with van der Waals surface area (Å²) in [5.41, 5.74) is 0. The maximum Gasteiger partial charge on any atom is 0.390 e. The van der Waals surface area contributed by atoms with Crippen molar-refractivity contribution in [2.45, 2.75) is 25.6 Å². The molecular formula is C8H13F3N2O3. The predicted molar refractivity (Wildman–Crippen MR) is 48.8 cm³/mol. The van der Waals surface area contributed by atoms with Crippen molar-refractivity contribution in [2.75, 3.05) is 13.1 Å². The quantitative estimate of drug-likeness (QED) is 0.578. The molecule has 0 aromatic heterocycles. The lowest BCUT2D eigenvalue weighted by molar-refractivity contribution is -0.141. The average molecular weight is 242 g/mol. The SMILES string of the molecule is CC(=O)NC(CNCCC(F)(F)F)C(=O)O. The largest absolute Gasteiger partial charge is 0.480 e. The first-order valence-corrected chi connectivity index (χ1v) is 4.50. The van der Waals surface area contributed by atoms with Crippen molar-refractivity contribution in [3.05, 3.63) is 0 Å². The van der Waals surface area contributed by atoms with Crippen LogP contribution in [0, 0.1) is 0 Å². The van der Waals surface area contributed by atoms with E-state index in [2.05, 4.69) is 10.6 Å². The molecule has 0 spiro atoms. The number of carboxylic acid groups (broad SMARTS) is 1. The Labute approximate surface area is 90.0 Å². The van der Waals surface area contributed by atoms with Crippen molar-refractivity contribution in [2.24, 2.45) is 0 Å². The van der Waals surface area contributed by atoms with Crippen LogP contribution in [-0.4, -0.2) is 42.3 Å². The van der Waals surface area contributed by atoms with Crippen LogP contribution in [0.4, 0.5) is 13.2 Å². The summed E-state index contributed by atoms with van der Waals surface area (Å²) in [6, 6.07) is -1.22. The van der Waals surface area contributed by atoms with E-state index in [0.29, 0.717) is 0 Å². The van der Waals surface area contributed by atoms with Gasteiger partial charge in [0.1, 0.15) is 6.04 Å². The molecule has 0 aliphatic rings. The molecule has 8 heteroatoms. The lowest BCUT2D eigenvalue weighted by Gasteiger charge is -2.14. The standard InChI is InChI=1S/C8H13F3N2O3/c1-5(14)13-6(7(15)16)4-12-3-2-8(9,10)11/h6,12H,2-4H2,1H3,(H,13,14)(H,15,16). The molecule has 16 heavy (non-hydrogen) atoms. The number of alkyl halides is 3. The average Bonchev–Trinajstić information content (AvgIpc) is 2.07. The molecule has 5 nitrogen and oxygen atoms in total. The fraction of sp³-hybridized carbons (Fsp3) is 0.750. The molecule has 1 atom stereocenters. The van der Waals surface area contributed by atoms with Crippen LogP contribution in [0.5, 0.6) is 0 Å². The Morgan fingerprint density at radius 2 is 1.94 bits per heavy atom. The van der Waals surface area contributed by atoms with Crippen LogP contribution < -0.4 is 10.6 Å². The number of nitrogens with one attached hydrogen (secondary N) is 2. The van der Waals surface area contributed by atoms with E-state index in [1.54, 1.807) is 0 Å². The summed E-state index contributed by atoms with van der Waals surface area (Å²) < 4.78 is 35.2. The van der Waals surface area contributed by atoms with E-state index in [4.69, 9.17) is 5.11 Å². The van der Waals surface area contributed by atoms with E-state index < -0.39 is 30.5 Å². The molecule has 0 aliphatic carbocycles. The Hall–Kier alpha value is -1.31. The number of aliphatic carboxylic acids is 1. The third-order valence-electron chi connectivity index (χ3n) is 1.61. The molecule has 0 aromatic carbocycles. The van der Waals surface area contributed by atoms with Crippen molar-refractivity contribution >= 4 is 11.9 Å². The number of carbonyl (C=O) groups excluding carboxylic acids is 1. The van der Waals surface area contributed by atoms with Gasteiger partial charge in [-0.1, -0.05) is 0 Å². The van der Waals surface area contributed by atoms with E-state index in [0.717, 1.165) is 6.92 Å². The Morgan fingerprint density at radius 1 is 1.38 bits per heavy atom. The van der Waals surface area contributed by atoms with Crippen LogP contribution >= 0.6 is 0 Å². The Balaban J connectivity index is 3.86. The van der Waals surface area contributed by atoms with Gasteiger partial charge in [0.15, 0.2) is 0 Å². The molecule has 0 saturated heterocycles. The summed E-state index contributed by atoms with van der Waals surface area (Å²) in [6.45, 7) is 0.503. The third kappa shape index (κ3) is 8.04. The van der Waals surface area contributed by atoms with Gasteiger partial charge in [-0.2, -0.15) is 13.2 Å². The number of amides is 1. The molecule has 94 valence electrons. The number of carboxylic acids is 1. The minimum Gasteiger partial charge on any atom is -0.480 e. The highest BCUT2D eigenvalue weighted by Gasteiger charge is 2.26. The van der Waals surface area contributed by atoms with E-state index in [1.165, 1.54) is 0 Å². The Morgan fingerprint density at radius 3 is 2.31 bits per heavy atom. The Kier molecular flexibility index (Phi) is 5.79. The van der Waals surface area contributed by atoms with Crippen LogP contribution in [0.25, 0.3) is 0 Å². The van der Waals surface area contributed by atoms with Gasteiger partial charge in [0, 0.05) is 20.0 Å². The summed E-state index contributed by atoms with van der Waals surface area (Å²) in [6.07, 6.45) is -5.32. The zero-order valence-corrected chi connectivity index (χ0v) is 8.60. The second-order valence-electron chi connectivity index (χ2n) is 3.16. The zero-order valence-electron chi connectivity index (χ0n) is 8.60. The minimum atomic E-state index is -4.28. The highest BCUT2D eigenvalue weighted by atomic mass is 19.4. The van der Waals surface area contributed by atoms with E-state index in [1.807, 2.05) is 0 Å². The summed E-state index contributed by atoms with van der Waals surface area (Å²) in [5.74, 6) is -1.85. The summed E-state index contributed by atoms with van der Waals surface area (Å²) in [7, 11) is 0. The fourth-order valence-electron chi connectivity index (χ4n) is 0.922. The van der Waals surface area contributed by atoms with Gasteiger partial charge >= 0.3 is 12.1 Å². The van der Waals surface area contributed by atoms with E-state index in [-0.39, 0.29) is 13.1 Å². The molecule has 1 amide bonds. The summed E-state index contributed by atoms with van der Waals surface area (Å²) >= 11 is 0. The zero-order chi connectivity index (χ0) is 12.8. The predicted octanol–water partition coefficient (Wildman–Crippen LogP) is 0.118. The van der Waals surface area contributed by atoms with Crippen LogP contribution in [0.15, 0.2) is 0 Å². The molecule has 3 N–H and O–H groups in total. The lowest BCUT2D eigenvalue weighted by atomic mass is 10.3. The molecule has 0 saturated carbocycles. The highest BCUT2D eigenvalue weighted by Crippen LogP contribution is 2.17. The van der Waals surface area contributed by atoms with Crippen molar-refractivity contribution < 1.29 is 27.9 Å². The molecule has 0 fully saturated rings. The number of rotatable bonds is 6. The Bertz CT molecular complexity index is 255. The topological polar surface area (TPSA) is 78.4 Å². The number of hydrogen-bond acceptors (Lipinski definition) is 3. The second kappa shape index (κ2) is 6.31. The molecule has 1 unspecified atom stereocenters. The molecule has 0 aliphatic heterocycles. The van der Waals surface area contributed by atoms with Gasteiger partial charge < -0.3 is 15.7 Å². The summed E-state index contributed by atoms with van der Waals surface area (Å²) in [5, 5.41) is 13.0. The van der Waals surface area contributed by atoms with Gasteiger partial charge in [-0.25, -0.2) is 4.79 Å². The number of carbonyl (C=O) groups is 2. The van der Waals surface area contributed by atoms with Crippen molar-refractivity contribution in [1.82, 2.24) is 10.6 Å². The van der Waals surface area contributed by atoms with E-state index >= 15 is 0 Å². The molecule has 0 bridgehead atoms. The normalized spacial score (nSPS) is 13.2. The van der Waals surface area contributed by atoms with Crippen molar-refractivity contribution in [3.63, 3.8) is 0 Å². The first-order chi connectivity index (χ1) is 7.22. The first kappa shape index (κ1) is 14.7. The molecule has 0 aromatic rings. The fourth-order valence-corrected chi connectivity index (χ4v) is 0.922. The van der Waals surface area contributed by atoms with Crippen LogP contribution in [0.2, 0.25) is 0 Å². The van der Waals surface area contributed by atoms with Gasteiger partial charge in [-0.05, 0) is 0 Å². The van der Waals surface area contributed by atoms with Crippen molar-refractivity contribution in [1.29, 1.82) is 0 Å². The molecule has 0 radical (unpaired) electrons. The molecule has 0 rings (SSSR count). The van der Waals surface area contributed by atoms with Gasteiger partial charge in [0.05, 0.1) is 6.42 Å². The minimum absolute atomic E-state index is 0.245. The lowest BCUT2D eigenvalue weighted by Crippen LogP contribution is -2.46. The summed E-state index contributed by atoms with van der Waals surface area (Å²) in [4.78, 5) is 21.1.